The molecule has 26 heavy (non-hydrogen) atoms. The molecule has 1 fully saturated rings. The fraction of sp³-hybridized carbons (Fsp3) is 0.444. The van der Waals surface area contributed by atoms with Crippen molar-refractivity contribution in [1.82, 2.24) is 24.4 Å². The summed E-state index contributed by atoms with van der Waals surface area (Å²) in [6.07, 6.45) is 5.19. The number of thiophene rings is 1. The molecule has 0 bridgehead atoms. The maximum absolute atomic E-state index is 13.0. The monoisotopic (exact) mass is 368 g/mol. The van der Waals surface area contributed by atoms with Gasteiger partial charge >= 0.3 is 0 Å². The molecule has 134 valence electrons. The fourth-order valence-corrected chi connectivity index (χ4v) is 4.90. The van der Waals surface area contributed by atoms with Gasteiger partial charge in [0, 0.05) is 38.1 Å². The van der Waals surface area contributed by atoms with Crippen LogP contribution in [0.15, 0.2) is 24.1 Å². The van der Waals surface area contributed by atoms with Gasteiger partial charge < -0.3 is 14.4 Å². The number of aromatic nitrogens is 4. The zero-order chi connectivity index (χ0) is 17.7. The lowest BCUT2D eigenvalue weighted by Gasteiger charge is -2.29. The minimum Gasteiger partial charge on any atom is -0.354 e. The van der Waals surface area contributed by atoms with Crippen molar-refractivity contribution in [1.29, 1.82) is 0 Å². The third-order valence-corrected chi connectivity index (χ3v) is 6.46. The normalized spacial score (nSPS) is 20.0. The summed E-state index contributed by atoms with van der Waals surface area (Å²) in [5, 5.41) is 2.13. The molecule has 7 nitrogen and oxygen atoms in total. The molecule has 0 radical (unpaired) electrons. The van der Waals surface area contributed by atoms with Crippen LogP contribution in [-0.4, -0.2) is 50.0 Å². The van der Waals surface area contributed by atoms with E-state index in [9.17, 15) is 4.79 Å². The van der Waals surface area contributed by atoms with Gasteiger partial charge in [-0.3, -0.25) is 4.79 Å². The van der Waals surface area contributed by atoms with Crippen LogP contribution in [0.5, 0.6) is 0 Å². The van der Waals surface area contributed by atoms with E-state index < -0.39 is 0 Å². The Bertz CT molecular complexity index is 979. The van der Waals surface area contributed by atoms with E-state index in [1.807, 2.05) is 16.5 Å². The average molecular weight is 368 g/mol. The summed E-state index contributed by atoms with van der Waals surface area (Å²) in [6, 6.07) is 2.15. The average Bonchev–Trinajstić information content (AvgIpc) is 3.40. The van der Waals surface area contributed by atoms with Crippen molar-refractivity contribution < 1.29 is 4.79 Å². The number of carbonyl (C=O) groups is 1. The van der Waals surface area contributed by atoms with Crippen molar-refractivity contribution >= 4 is 34.2 Å². The Morgan fingerprint density at radius 2 is 2.19 bits per heavy atom. The van der Waals surface area contributed by atoms with Gasteiger partial charge in [0.2, 0.25) is 5.91 Å². The minimum atomic E-state index is 0.0314. The summed E-state index contributed by atoms with van der Waals surface area (Å²) < 4.78 is 1.89. The van der Waals surface area contributed by atoms with E-state index in [4.69, 9.17) is 0 Å². The summed E-state index contributed by atoms with van der Waals surface area (Å²) in [4.78, 5) is 31.9. The van der Waals surface area contributed by atoms with Gasteiger partial charge in [-0.25, -0.2) is 15.0 Å². The number of amides is 1. The largest absolute Gasteiger partial charge is 0.354 e. The van der Waals surface area contributed by atoms with Gasteiger partial charge in [-0.05, 0) is 29.9 Å². The molecule has 0 aliphatic carbocycles. The zero-order valence-corrected chi connectivity index (χ0v) is 15.4. The van der Waals surface area contributed by atoms with Crippen molar-refractivity contribution in [2.24, 2.45) is 13.0 Å². The van der Waals surface area contributed by atoms with E-state index in [0.717, 1.165) is 49.5 Å². The molecule has 0 N–H and O–H groups in total. The van der Waals surface area contributed by atoms with Crippen molar-refractivity contribution in [3.05, 3.63) is 34.5 Å². The van der Waals surface area contributed by atoms with Crippen LogP contribution in [0.4, 0.5) is 5.82 Å². The van der Waals surface area contributed by atoms with Gasteiger partial charge in [0.15, 0.2) is 17.0 Å². The molecule has 5 rings (SSSR count). The second-order valence-electron chi connectivity index (χ2n) is 7.04. The van der Waals surface area contributed by atoms with Crippen LogP contribution in [0.25, 0.3) is 11.2 Å². The summed E-state index contributed by atoms with van der Waals surface area (Å²) >= 11 is 1.80. The molecule has 2 aliphatic rings. The van der Waals surface area contributed by atoms with Crippen molar-refractivity contribution in [2.75, 3.05) is 24.5 Å². The van der Waals surface area contributed by atoms with E-state index in [0.29, 0.717) is 6.54 Å². The lowest BCUT2D eigenvalue weighted by atomic mass is 10.0. The molecule has 1 saturated heterocycles. The SMILES string of the molecule is Cn1cnc2c(N3CCC(C(=O)N4CCc5sccc5C4)C3)ncnc21. The number of hydrogen-bond acceptors (Lipinski definition) is 6. The second kappa shape index (κ2) is 6.05. The molecular weight excluding hydrogens is 348 g/mol. The Morgan fingerprint density at radius 1 is 1.27 bits per heavy atom. The van der Waals surface area contributed by atoms with Crippen LogP contribution in [0.2, 0.25) is 0 Å². The molecule has 3 aromatic heterocycles. The Labute approximate surface area is 155 Å². The Morgan fingerprint density at radius 3 is 3.12 bits per heavy atom. The summed E-state index contributed by atoms with van der Waals surface area (Å²) in [6.45, 7) is 3.12. The highest BCUT2D eigenvalue weighted by atomic mass is 32.1. The molecule has 0 saturated carbocycles. The Kier molecular flexibility index (Phi) is 3.66. The van der Waals surface area contributed by atoms with E-state index in [1.54, 1.807) is 24.0 Å². The number of aryl methyl sites for hydroxylation is 1. The minimum absolute atomic E-state index is 0.0314. The second-order valence-corrected chi connectivity index (χ2v) is 8.04. The molecule has 3 aromatic rings. The van der Waals surface area contributed by atoms with Crippen LogP contribution >= 0.6 is 11.3 Å². The lowest BCUT2D eigenvalue weighted by molar-refractivity contribution is -0.135. The number of nitrogens with zero attached hydrogens (tertiary/aromatic N) is 6. The molecule has 1 atom stereocenters. The number of carbonyl (C=O) groups excluding carboxylic acids is 1. The molecule has 1 amide bonds. The smallest absolute Gasteiger partial charge is 0.227 e. The molecule has 5 heterocycles. The van der Waals surface area contributed by atoms with Crippen LogP contribution in [0.1, 0.15) is 16.9 Å². The van der Waals surface area contributed by atoms with Crippen LogP contribution < -0.4 is 4.90 Å². The predicted molar refractivity (Wildman–Crippen MR) is 100 cm³/mol. The Hall–Kier alpha value is -2.48. The first-order valence-corrected chi connectivity index (χ1v) is 9.79. The first-order valence-electron chi connectivity index (χ1n) is 8.91. The molecular formula is C18H20N6OS. The number of anilines is 1. The standard InChI is InChI=1S/C18H20N6OS/c1-22-11-21-15-16(22)19-10-20-17(15)23-5-2-13(9-23)18(25)24-6-3-14-12(8-24)4-7-26-14/h4,7,10-11,13H,2-3,5-6,8-9H2,1H3. The highest BCUT2D eigenvalue weighted by molar-refractivity contribution is 7.10. The quantitative estimate of drug-likeness (QED) is 0.690. The number of imidazole rings is 1. The van der Waals surface area contributed by atoms with Gasteiger partial charge in [-0.1, -0.05) is 0 Å². The molecule has 0 spiro atoms. The zero-order valence-electron chi connectivity index (χ0n) is 14.6. The van der Waals surface area contributed by atoms with E-state index >= 15 is 0 Å². The number of fused-ring (bicyclic) bond motifs is 2. The van der Waals surface area contributed by atoms with Crippen molar-refractivity contribution in [2.45, 2.75) is 19.4 Å². The highest BCUT2D eigenvalue weighted by Gasteiger charge is 2.34. The first-order chi connectivity index (χ1) is 12.7. The number of rotatable bonds is 2. The summed E-state index contributed by atoms with van der Waals surface area (Å²) in [7, 11) is 1.93. The van der Waals surface area contributed by atoms with Gasteiger partial charge in [-0.2, -0.15) is 0 Å². The summed E-state index contributed by atoms with van der Waals surface area (Å²) in [5.41, 5.74) is 2.95. The van der Waals surface area contributed by atoms with Crippen LogP contribution in [-0.2, 0) is 24.8 Å². The first kappa shape index (κ1) is 15.7. The van der Waals surface area contributed by atoms with E-state index in [1.165, 1.54) is 10.4 Å². The fourth-order valence-electron chi connectivity index (χ4n) is 4.01. The number of hydrogen-bond donors (Lipinski definition) is 0. The molecule has 1 unspecified atom stereocenters. The predicted octanol–water partition coefficient (Wildman–Crippen LogP) is 1.84. The van der Waals surface area contributed by atoms with Gasteiger partial charge in [0.05, 0.1) is 12.2 Å². The van der Waals surface area contributed by atoms with Gasteiger partial charge in [-0.15, -0.1) is 11.3 Å². The van der Waals surface area contributed by atoms with Gasteiger partial charge in [0.25, 0.3) is 0 Å². The van der Waals surface area contributed by atoms with E-state index in [2.05, 4.69) is 31.3 Å². The summed E-state index contributed by atoms with van der Waals surface area (Å²) in [5.74, 6) is 1.14. The van der Waals surface area contributed by atoms with Crippen molar-refractivity contribution in [3.63, 3.8) is 0 Å². The van der Waals surface area contributed by atoms with Crippen LogP contribution in [0, 0.1) is 5.92 Å². The van der Waals surface area contributed by atoms with Crippen LogP contribution in [0.3, 0.4) is 0 Å². The van der Waals surface area contributed by atoms with Gasteiger partial charge in [0.1, 0.15) is 6.33 Å². The lowest BCUT2D eigenvalue weighted by Crippen LogP contribution is -2.40. The molecule has 2 aliphatic heterocycles. The molecule has 0 aromatic carbocycles. The van der Waals surface area contributed by atoms with E-state index in [-0.39, 0.29) is 11.8 Å². The Balaban J connectivity index is 1.33. The topological polar surface area (TPSA) is 67.2 Å². The maximum atomic E-state index is 13.0. The highest BCUT2D eigenvalue weighted by Crippen LogP contribution is 2.30. The maximum Gasteiger partial charge on any atom is 0.227 e. The third kappa shape index (κ3) is 2.47. The third-order valence-electron chi connectivity index (χ3n) is 5.43. The van der Waals surface area contributed by atoms with Crippen molar-refractivity contribution in [3.8, 4) is 0 Å². The molecule has 8 heteroatoms.